The van der Waals surface area contributed by atoms with E-state index >= 15 is 0 Å². The summed E-state index contributed by atoms with van der Waals surface area (Å²) in [5, 5.41) is 4.81. The van der Waals surface area contributed by atoms with E-state index in [0.717, 1.165) is 12.5 Å². The van der Waals surface area contributed by atoms with Gasteiger partial charge >= 0.3 is 0 Å². The van der Waals surface area contributed by atoms with E-state index in [2.05, 4.69) is 5.32 Å². The Labute approximate surface area is 109 Å². The Hall–Kier alpha value is -0.180. The molecule has 2 saturated carbocycles. The van der Waals surface area contributed by atoms with E-state index in [1.54, 1.807) is 0 Å². The van der Waals surface area contributed by atoms with Crippen LogP contribution in [0, 0.1) is 11.3 Å². The molecule has 0 amide bonds. The van der Waals surface area contributed by atoms with Gasteiger partial charge in [0, 0.05) is 18.8 Å². The molecule has 0 radical (unpaired) electrons. The molecule has 0 saturated heterocycles. The van der Waals surface area contributed by atoms with Crippen LogP contribution in [0.25, 0.3) is 0 Å². The van der Waals surface area contributed by atoms with Crippen molar-refractivity contribution in [3.05, 3.63) is 0 Å². The molecule has 0 aromatic rings. The summed E-state index contributed by atoms with van der Waals surface area (Å²) in [6, 6.07) is 0. The first-order chi connectivity index (χ1) is 8.36. The molecule has 0 aromatic carbocycles. The SMILES string of the molecule is C1CCC(CNC2=NCC3(CCCC3)CS2)C1. The fourth-order valence-electron chi connectivity index (χ4n) is 3.53. The average Bonchev–Trinajstić information content (AvgIpc) is 3.01. The van der Waals surface area contributed by atoms with E-state index in [1.807, 2.05) is 11.8 Å². The maximum atomic E-state index is 4.79. The molecule has 2 nitrogen and oxygen atoms in total. The van der Waals surface area contributed by atoms with Crippen LogP contribution in [-0.4, -0.2) is 24.0 Å². The molecule has 2 fully saturated rings. The predicted molar refractivity (Wildman–Crippen MR) is 75.6 cm³/mol. The summed E-state index contributed by atoms with van der Waals surface area (Å²) in [7, 11) is 0. The molecular weight excluding hydrogens is 228 g/mol. The number of nitrogens with one attached hydrogen (secondary N) is 1. The number of hydrogen-bond donors (Lipinski definition) is 1. The third-order valence-corrected chi connectivity index (χ3v) is 6.06. The number of rotatable bonds is 2. The highest BCUT2D eigenvalue weighted by Crippen LogP contribution is 2.43. The zero-order chi connectivity index (χ0) is 11.6. The molecular formula is C14H24N2S. The van der Waals surface area contributed by atoms with Gasteiger partial charge in [-0.15, -0.1) is 0 Å². The smallest absolute Gasteiger partial charge is 0.156 e. The second-order valence-electron chi connectivity index (χ2n) is 6.15. The van der Waals surface area contributed by atoms with Crippen molar-refractivity contribution in [1.82, 2.24) is 5.32 Å². The van der Waals surface area contributed by atoms with Crippen LogP contribution < -0.4 is 5.32 Å². The maximum absolute atomic E-state index is 4.79. The fourth-order valence-corrected chi connectivity index (χ4v) is 4.70. The Morgan fingerprint density at radius 3 is 2.59 bits per heavy atom. The van der Waals surface area contributed by atoms with Gasteiger partial charge in [-0.05, 0) is 37.0 Å². The van der Waals surface area contributed by atoms with Gasteiger partial charge in [0.25, 0.3) is 0 Å². The number of hydrogen-bond acceptors (Lipinski definition) is 3. The molecule has 3 aliphatic rings. The van der Waals surface area contributed by atoms with E-state index in [4.69, 9.17) is 4.99 Å². The second-order valence-corrected chi connectivity index (χ2v) is 7.11. The van der Waals surface area contributed by atoms with Crippen LogP contribution in [0.1, 0.15) is 51.4 Å². The quantitative estimate of drug-likeness (QED) is 0.814. The van der Waals surface area contributed by atoms with Crippen LogP contribution in [0.5, 0.6) is 0 Å². The van der Waals surface area contributed by atoms with Crippen molar-refractivity contribution in [1.29, 1.82) is 0 Å². The van der Waals surface area contributed by atoms with Gasteiger partial charge in [-0.25, -0.2) is 0 Å². The van der Waals surface area contributed by atoms with E-state index in [9.17, 15) is 0 Å². The highest BCUT2D eigenvalue weighted by Gasteiger charge is 2.36. The third-order valence-electron chi connectivity index (χ3n) is 4.75. The second kappa shape index (κ2) is 5.21. The van der Waals surface area contributed by atoms with Gasteiger partial charge < -0.3 is 5.32 Å². The van der Waals surface area contributed by atoms with Crippen LogP contribution >= 0.6 is 11.8 Å². The molecule has 1 spiro atoms. The zero-order valence-corrected chi connectivity index (χ0v) is 11.5. The highest BCUT2D eigenvalue weighted by molar-refractivity contribution is 8.13. The lowest BCUT2D eigenvalue weighted by atomic mass is 9.89. The lowest BCUT2D eigenvalue weighted by molar-refractivity contribution is 0.358. The van der Waals surface area contributed by atoms with Crippen LogP contribution in [-0.2, 0) is 0 Å². The first kappa shape index (κ1) is 11.9. The molecule has 3 rings (SSSR count). The molecule has 1 heterocycles. The number of nitrogens with zero attached hydrogens (tertiary/aromatic N) is 1. The molecule has 3 heteroatoms. The van der Waals surface area contributed by atoms with Crippen molar-refractivity contribution in [2.24, 2.45) is 16.3 Å². The highest BCUT2D eigenvalue weighted by atomic mass is 32.2. The number of amidine groups is 1. The van der Waals surface area contributed by atoms with Crippen LogP contribution in [0.2, 0.25) is 0 Å². The van der Waals surface area contributed by atoms with Crippen LogP contribution in [0.4, 0.5) is 0 Å². The van der Waals surface area contributed by atoms with E-state index in [0.29, 0.717) is 5.41 Å². The molecule has 0 unspecified atom stereocenters. The topological polar surface area (TPSA) is 24.4 Å². The van der Waals surface area contributed by atoms with Crippen LogP contribution in [0.3, 0.4) is 0 Å². The molecule has 0 bridgehead atoms. The molecule has 0 aromatic heterocycles. The molecule has 2 aliphatic carbocycles. The van der Waals surface area contributed by atoms with Gasteiger partial charge in [0.2, 0.25) is 0 Å². The summed E-state index contributed by atoms with van der Waals surface area (Å²) in [4.78, 5) is 4.79. The summed E-state index contributed by atoms with van der Waals surface area (Å²) in [5.41, 5.74) is 0.587. The Kier molecular flexibility index (Phi) is 3.64. The number of thioether (sulfide) groups is 1. The molecule has 0 atom stereocenters. The monoisotopic (exact) mass is 252 g/mol. The van der Waals surface area contributed by atoms with E-state index in [1.165, 1.54) is 68.8 Å². The van der Waals surface area contributed by atoms with Crippen molar-refractivity contribution in [3.8, 4) is 0 Å². The van der Waals surface area contributed by atoms with Gasteiger partial charge in [0.15, 0.2) is 5.17 Å². The summed E-state index contributed by atoms with van der Waals surface area (Å²) < 4.78 is 0. The van der Waals surface area contributed by atoms with Crippen molar-refractivity contribution < 1.29 is 0 Å². The fraction of sp³-hybridized carbons (Fsp3) is 0.929. The molecule has 96 valence electrons. The normalized spacial score (nSPS) is 28.6. The maximum Gasteiger partial charge on any atom is 0.156 e. The van der Waals surface area contributed by atoms with Gasteiger partial charge in [0.05, 0.1) is 0 Å². The van der Waals surface area contributed by atoms with E-state index < -0.39 is 0 Å². The van der Waals surface area contributed by atoms with Crippen molar-refractivity contribution in [2.45, 2.75) is 51.4 Å². The Bertz CT molecular complexity index is 289. The minimum Gasteiger partial charge on any atom is -0.365 e. The lowest BCUT2D eigenvalue weighted by Gasteiger charge is -2.31. The first-order valence-electron chi connectivity index (χ1n) is 7.28. The lowest BCUT2D eigenvalue weighted by Crippen LogP contribution is -2.35. The van der Waals surface area contributed by atoms with E-state index in [-0.39, 0.29) is 0 Å². The van der Waals surface area contributed by atoms with Gasteiger partial charge in [0.1, 0.15) is 0 Å². The van der Waals surface area contributed by atoms with Crippen molar-refractivity contribution in [2.75, 3.05) is 18.8 Å². The number of aliphatic imine (C=N–C) groups is 1. The molecule has 1 N–H and O–H groups in total. The average molecular weight is 252 g/mol. The zero-order valence-electron chi connectivity index (χ0n) is 10.7. The van der Waals surface area contributed by atoms with Gasteiger partial charge in [-0.3, -0.25) is 4.99 Å². The van der Waals surface area contributed by atoms with Crippen molar-refractivity contribution >= 4 is 16.9 Å². The standard InChI is InChI=1S/C14H24N2S/c1-2-6-12(5-1)9-15-13-16-10-14(11-17-13)7-3-4-8-14/h12H,1-11H2,(H,15,16). The summed E-state index contributed by atoms with van der Waals surface area (Å²) in [6.07, 6.45) is 11.4. The summed E-state index contributed by atoms with van der Waals surface area (Å²) in [5.74, 6) is 2.23. The predicted octanol–water partition coefficient (Wildman–Crippen LogP) is 3.43. The first-order valence-corrected chi connectivity index (χ1v) is 8.26. The van der Waals surface area contributed by atoms with Gasteiger partial charge in [-0.2, -0.15) is 0 Å². The van der Waals surface area contributed by atoms with Crippen molar-refractivity contribution in [3.63, 3.8) is 0 Å². The molecule has 17 heavy (non-hydrogen) atoms. The Morgan fingerprint density at radius 1 is 1.18 bits per heavy atom. The molecule has 1 aliphatic heterocycles. The summed E-state index contributed by atoms with van der Waals surface area (Å²) in [6.45, 7) is 2.26. The van der Waals surface area contributed by atoms with Gasteiger partial charge in [-0.1, -0.05) is 37.4 Å². The Morgan fingerprint density at radius 2 is 1.94 bits per heavy atom. The minimum atomic E-state index is 0.587. The minimum absolute atomic E-state index is 0.587. The largest absolute Gasteiger partial charge is 0.365 e. The third kappa shape index (κ3) is 2.81. The summed E-state index contributed by atoms with van der Waals surface area (Å²) >= 11 is 1.98. The van der Waals surface area contributed by atoms with Crippen LogP contribution in [0.15, 0.2) is 4.99 Å². The Balaban J connectivity index is 1.47.